The first-order valence-corrected chi connectivity index (χ1v) is 6.98. The van der Waals surface area contributed by atoms with E-state index in [-0.39, 0.29) is 6.54 Å². The number of halogens is 2. The topological polar surface area (TPSA) is 8.17 Å². The van der Waals surface area contributed by atoms with Gasteiger partial charge in [0.25, 0.3) is 0 Å². The van der Waals surface area contributed by atoms with E-state index in [1.54, 1.807) is 35.6 Å². The maximum absolute atomic E-state index is 14.5. The van der Waals surface area contributed by atoms with Crippen LogP contribution in [0.2, 0.25) is 0 Å². The Bertz CT molecular complexity index is 700. The first-order valence-electron chi connectivity index (χ1n) is 6.11. The van der Waals surface area contributed by atoms with E-state index in [2.05, 4.69) is 0 Å². The Balaban J connectivity index is 2.05. The van der Waals surface area contributed by atoms with E-state index in [0.717, 1.165) is 14.9 Å². The second-order valence-corrected chi connectivity index (χ2v) is 5.63. The summed E-state index contributed by atoms with van der Waals surface area (Å²) in [6.07, 6.45) is 5.07. The molecule has 4 rings (SSSR count). The van der Waals surface area contributed by atoms with Crippen molar-refractivity contribution in [3.05, 3.63) is 64.3 Å². The van der Waals surface area contributed by atoms with Gasteiger partial charge in [-0.25, -0.2) is 0 Å². The molecular formula is C13H10BF2N2S-. The molecule has 0 amide bonds. The molecule has 0 aliphatic carbocycles. The Morgan fingerprint density at radius 1 is 1.21 bits per heavy atom. The van der Waals surface area contributed by atoms with E-state index in [1.807, 2.05) is 17.5 Å². The average Bonchev–Trinajstić information content (AvgIpc) is 3.11. The van der Waals surface area contributed by atoms with E-state index in [9.17, 15) is 8.63 Å². The molecule has 0 unspecified atom stereocenters. The lowest BCUT2D eigenvalue weighted by molar-refractivity contribution is 0.402. The molecule has 2 aromatic rings. The largest absolute Gasteiger partial charge is 0.529 e. The molecule has 0 N–H and O–H groups in total. The Morgan fingerprint density at radius 3 is 2.89 bits per heavy atom. The second-order valence-electron chi connectivity index (χ2n) is 4.68. The van der Waals surface area contributed by atoms with Crippen molar-refractivity contribution in [1.82, 2.24) is 9.29 Å². The molecule has 4 heterocycles. The van der Waals surface area contributed by atoms with E-state index in [4.69, 9.17) is 0 Å². The van der Waals surface area contributed by atoms with Gasteiger partial charge in [0.15, 0.2) is 0 Å². The number of thiophene rings is 1. The summed E-state index contributed by atoms with van der Waals surface area (Å²) in [5.41, 5.74) is 2.14. The molecule has 0 spiro atoms. The van der Waals surface area contributed by atoms with Gasteiger partial charge < -0.3 is 17.9 Å². The van der Waals surface area contributed by atoms with Gasteiger partial charge in [0.05, 0.1) is 0 Å². The van der Waals surface area contributed by atoms with E-state index < -0.39 is 6.97 Å². The van der Waals surface area contributed by atoms with Gasteiger partial charge in [0, 0.05) is 28.4 Å². The van der Waals surface area contributed by atoms with E-state index in [0.29, 0.717) is 11.4 Å². The first-order chi connectivity index (χ1) is 9.19. The van der Waals surface area contributed by atoms with Crippen LogP contribution >= 0.6 is 11.3 Å². The van der Waals surface area contributed by atoms with Gasteiger partial charge in [-0.05, 0) is 35.9 Å². The molecule has 0 bridgehead atoms. The fourth-order valence-electron chi connectivity index (χ4n) is 2.82. The zero-order chi connectivity index (χ0) is 13.0. The minimum Gasteiger partial charge on any atom is -0.466 e. The van der Waals surface area contributed by atoms with Crippen LogP contribution in [0.4, 0.5) is 8.63 Å². The molecular weight excluding hydrogens is 265 g/mol. The van der Waals surface area contributed by atoms with Crippen molar-refractivity contribution >= 4 is 23.9 Å². The highest BCUT2D eigenvalue weighted by molar-refractivity contribution is 7.11. The number of rotatable bonds is 1. The number of fused-ring (bicyclic) bond motifs is 2. The van der Waals surface area contributed by atoms with Gasteiger partial charge in [-0.3, -0.25) is 0 Å². The summed E-state index contributed by atoms with van der Waals surface area (Å²) < 4.78 is 30.1. The van der Waals surface area contributed by atoms with E-state index in [1.165, 1.54) is 11.0 Å². The molecule has 0 aromatic carbocycles. The monoisotopic (exact) mass is 275 g/mol. The molecule has 0 saturated heterocycles. The van der Waals surface area contributed by atoms with Crippen molar-refractivity contribution in [1.29, 1.82) is 0 Å². The summed E-state index contributed by atoms with van der Waals surface area (Å²) >= 11 is 1.58. The molecule has 6 heteroatoms. The van der Waals surface area contributed by atoms with Gasteiger partial charge in [0.1, 0.15) is 0 Å². The summed E-state index contributed by atoms with van der Waals surface area (Å²) in [5, 5.41) is 1.97. The Morgan fingerprint density at radius 2 is 2.11 bits per heavy atom. The minimum absolute atomic E-state index is 0.273. The molecule has 2 aromatic heterocycles. The van der Waals surface area contributed by atoms with Crippen LogP contribution in [0.3, 0.4) is 0 Å². The van der Waals surface area contributed by atoms with E-state index >= 15 is 0 Å². The smallest absolute Gasteiger partial charge is 0.466 e. The average molecular weight is 275 g/mol. The van der Waals surface area contributed by atoms with Crippen molar-refractivity contribution < 1.29 is 8.63 Å². The quantitative estimate of drug-likeness (QED) is 0.724. The highest BCUT2D eigenvalue weighted by atomic mass is 32.1. The van der Waals surface area contributed by atoms with Crippen molar-refractivity contribution in [2.24, 2.45) is 0 Å². The summed E-state index contributed by atoms with van der Waals surface area (Å²) in [4.78, 5) is 2.24. The normalized spacial score (nSPS) is 19.8. The summed E-state index contributed by atoms with van der Waals surface area (Å²) in [6.45, 7) is -3.45. The Hall–Kier alpha value is -1.82. The van der Waals surface area contributed by atoms with Crippen LogP contribution in [0.15, 0.2) is 53.7 Å². The van der Waals surface area contributed by atoms with Crippen LogP contribution in [-0.4, -0.2) is 22.8 Å². The predicted molar refractivity (Wildman–Crippen MR) is 74.0 cm³/mol. The van der Waals surface area contributed by atoms with Crippen molar-refractivity contribution in [3.8, 4) is 0 Å². The van der Waals surface area contributed by atoms with Crippen molar-refractivity contribution in [2.75, 3.05) is 6.54 Å². The SMILES string of the molecule is F[B-]1(F)N2CC=CC2=C(c2cccs2)c2cccn21. The number of allylic oxidation sites excluding steroid dienone is 1. The minimum atomic E-state index is -3.72. The number of hydrogen-bond donors (Lipinski definition) is 0. The van der Waals surface area contributed by atoms with Crippen molar-refractivity contribution in [3.63, 3.8) is 0 Å². The summed E-state index contributed by atoms with van der Waals surface area (Å²) in [5.74, 6) is 0. The Labute approximate surface area is 113 Å². The number of nitrogens with zero attached hydrogens (tertiary/aromatic N) is 2. The van der Waals surface area contributed by atoms with Gasteiger partial charge in [-0.15, -0.1) is 11.3 Å². The van der Waals surface area contributed by atoms with Crippen LogP contribution in [0.25, 0.3) is 5.57 Å². The Kier molecular flexibility index (Phi) is 2.10. The summed E-state index contributed by atoms with van der Waals surface area (Å²) in [6, 6.07) is 7.37. The van der Waals surface area contributed by atoms with Crippen LogP contribution in [0.1, 0.15) is 10.6 Å². The lowest BCUT2D eigenvalue weighted by Crippen LogP contribution is -2.53. The lowest BCUT2D eigenvalue weighted by Gasteiger charge is -2.45. The molecule has 2 nitrogen and oxygen atoms in total. The zero-order valence-corrected chi connectivity index (χ0v) is 10.8. The van der Waals surface area contributed by atoms with Crippen LogP contribution in [-0.2, 0) is 0 Å². The highest BCUT2D eigenvalue weighted by Crippen LogP contribution is 2.42. The van der Waals surface area contributed by atoms with Gasteiger partial charge in [-0.2, -0.15) is 0 Å². The fraction of sp³-hybridized carbons (Fsp3) is 0.0769. The molecule has 96 valence electrons. The highest BCUT2D eigenvalue weighted by Gasteiger charge is 2.43. The van der Waals surface area contributed by atoms with Crippen LogP contribution in [0, 0.1) is 0 Å². The third-order valence-electron chi connectivity index (χ3n) is 3.66. The third kappa shape index (κ3) is 1.35. The molecule has 2 aliphatic heterocycles. The molecule has 0 atom stereocenters. The standard InChI is InChI=1S/C13H10BF2N2S/c15-14(16)17-7-1-4-10(17)13(12-6-3-9-19-12)11-5-2-8-18(11)14/h1-7,9H,8H2/q-1. The van der Waals surface area contributed by atoms with Gasteiger partial charge >= 0.3 is 6.97 Å². The molecule has 2 aliphatic rings. The molecule has 19 heavy (non-hydrogen) atoms. The van der Waals surface area contributed by atoms with Gasteiger partial charge in [-0.1, -0.05) is 12.1 Å². The lowest BCUT2D eigenvalue weighted by atomic mass is 9.87. The first kappa shape index (κ1) is 11.0. The van der Waals surface area contributed by atoms with Crippen LogP contribution < -0.4 is 0 Å². The van der Waals surface area contributed by atoms with Crippen molar-refractivity contribution in [2.45, 2.75) is 0 Å². The number of aromatic nitrogens is 1. The molecule has 0 fully saturated rings. The van der Waals surface area contributed by atoms with Crippen LogP contribution in [0.5, 0.6) is 0 Å². The number of hydrogen-bond acceptors (Lipinski definition) is 2. The fourth-order valence-corrected chi connectivity index (χ4v) is 3.61. The molecule has 0 saturated carbocycles. The maximum Gasteiger partial charge on any atom is 0.529 e. The zero-order valence-electron chi connectivity index (χ0n) is 9.96. The maximum atomic E-state index is 14.5. The molecule has 0 radical (unpaired) electrons. The predicted octanol–water partition coefficient (Wildman–Crippen LogP) is 3.42. The summed E-state index contributed by atoms with van der Waals surface area (Å²) in [7, 11) is 0. The van der Waals surface area contributed by atoms with Gasteiger partial charge in [0.2, 0.25) is 0 Å². The second kappa shape index (κ2) is 3.60. The third-order valence-corrected chi connectivity index (χ3v) is 4.54.